The third-order valence-corrected chi connectivity index (χ3v) is 6.30. The molecule has 0 aliphatic rings. The molecule has 0 heterocycles. The minimum Gasteiger partial charge on any atom is -0.457 e. The fourth-order valence-electron chi connectivity index (χ4n) is 4.28. The van der Waals surface area contributed by atoms with Gasteiger partial charge < -0.3 is 33.4 Å². The Morgan fingerprint density at radius 1 is 0.857 bits per heavy atom. The van der Waals surface area contributed by atoms with Crippen molar-refractivity contribution in [3.8, 4) is 0 Å². The van der Waals surface area contributed by atoms with Crippen molar-refractivity contribution >= 4 is 46.2 Å². The van der Waals surface area contributed by atoms with Gasteiger partial charge in [-0.1, -0.05) is 54.6 Å². The predicted molar refractivity (Wildman–Crippen MR) is 156 cm³/mol. The first-order valence-electron chi connectivity index (χ1n) is 13.0. The van der Waals surface area contributed by atoms with Crippen molar-refractivity contribution in [2.75, 3.05) is 19.6 Å². The standard InChI is InChI=1S/C29H33N7O6/c30-14-22(37)36(23(38)15-31)27(40)25-20(28(41)42-16-17-7-2-1-3-8-17)13-18-9-4-5-10-19(18)24(25)26(39)21(32)11-6-12-35-29(33)34/h1-5,7-10,13,21H,6,11-12,14-16,30-32H2,(H4,33,34,35)/t21-/m0/s1. The average molecular weight is 576 g/mol. The Morgan fingerprint density at radius 3 is 2.10 bits per heavy atom. The van der Waals surface area contributed by atoms with Crippen molar-refractivity contribution in [1.29, 1.82) is 0 Å². The Bertz CT molecular complexity index is 1500. The number of ether oxygens (including phenoxy) is 1. The van der Waals surface area contributed by atoms with E-state index < -0.39 is 54.2 Å². The number of carbonyl (C=O) groups excluding carboxylic acids is 5. The number of imide groups is 3. The van der Waals surface area contributed by atoms with Gasteiger partial charge in [-0.2, -0.15) is 0 Å². The molecule has 42 heavy (non-hydrogen) atoms. The molecular weight excluding hydrogens is 542 g/mol. The molecule has 0 radical (unpaired) electrons. The molecule has 0 aromatic heterocycles. The number of ketones is 1. The highest BCUT2D eigenvalue weighted by Crippen LogP contribution is 2.30. The molecule has 3 aromatic rings. The molecule has 3 rings (SSSR count). The Morgan fingerprint density at radius 2 is 1.48 bits per heavy atom. The Labute approximate surface area is 241 Å². The number of fused-ring (bicyclic) bond motifs is 1. The van der Waals surface area contributed by atoms with Crippen LogP contribution >= 0.6 is 0 Å². The van der Waals surface area contributed by atoms with Gasteiger partial charge in [0.2, 0.25) is 11.8 Å². The summed E-state index contributed by atoms with van der Waals surface area (Å²) in [5, 5.41) is 0.684. The molecule has 0 spiro atoms. The van der Waals surface area contributed by atoms with Gasteiger partial charge in [0.25, 0.3) is 5.91 Å². The molecule has 10 N–H and O–H groups in total. The summed E-state index contributed by atoms with van der Waals surface area (Å²) in [7, 11) is 0. The first-order chi connectivity index (χ1) is 20.1. The van der Waals surface area contributed by atoms with Crippen LogP contribution in [0.4, 0.5) is 0 Å². The molecule has 0 saturated heterocycles. The molecule has 220 valence electrons. The van der Waals surface area contributed by atoms with E-state index in [2.05, 4.69) is 4.99 Å². The molecule has 13 nitrogen and oxygen atoms in total. The monoisotopic (exact) mass is 575 g/mol. The third-order valence-electron chi connectivity index (χ3n) is 6.30. The molecule has 1 atom stereocenters. The normalized spacial score (nSPS) is 11.4. The predicted octanol–water partition coefficient (Wildman–Crippen LogP) is 0.173. The van der Waals surface area contributed by atoms with Gasteiger partial charge in [0.1, 0.15) is 6.61 Å². The maximum absolute atomic E-state index is 14.0. The Kier molecular flexibility index (Phi) is 11.0. The van der Waals surface area contributed by atoms with Crippen molar-refractivity contribution in [1.82, 2.24) is 4.90 Å². The second-order valence-corrected chi connectivity index (χ2v) is 9.21. The van der Waals surface area contributed by atoms with Gasteiger partial charge in [0, 0.05) is 12.1 Å². The van der Waals surface area contributed by atoms with Crippen LogP contribution in [0.5, 0.6) is 0 Å². The summed E-state index contributed by atoms with van der Waals surface area (Å²) < 4.78 is 5.49. The zero-order valence-electron chi connectivity index (χ0n) is 22.8. The summed E-state index contributed by atoms with van der Waals surface area (Å²) >= 11 is 0. The number of guanidine groups is 1. The number of aliphatic imine (C=N–C) groups is 1. The number of rotatable bonds is 12. The van der Waals surface area contributed by atoms with E-state index in [0.29, 0.717) is 17.4 Å². The molecule has 0 fully saturated rings. The Balaban J connectivity index is 2.22. The second kappa shape index (κ2) is 14.6. The maximum atomic E-state index is 14.0. The van der Waals surface area contributed by atoms with E-state index in [1.54, 1.807) is 54.6 Å². The summed E-state index contributed by atoms with van der Waals surface area (Å²) in [4.78, 5) is 70.9. The molecule has 0 aliphatic carbocycles. The molecule has 13 heteroatoms. The Hall–Kier alpha value is -4.98. The van der Waals surface area contributed by atoms with Crippen molar-refractivity contribution in [3.63, 3.8) is 0 Å². The van der Waals surface area contributed by atoms with Gasteiger partial charge in [-0.15, -0.1) is 0 Å². The molecule has 0 bridgehead atoms. The summed E-state index contributed by atoms with van der Waals surface area (Å²) in [5.74, 6) is -5.21. The molecule has 0 unspecified atom stereocenters. The molecule has 0 aliphatic heterocycles. The SMILES string of the molecule is NCC(=O)N(C(=O)CN)C(=O)c1c(C(=O)OCc2ccccc2)cc2ccccc2c1C(=O)[C@@H](N)CCCN=C(N)N. The zero-order chi connectivity index (χ0) is 30.8. The quantitative estimate of drug-likeness (QED) is 0.0641. The number of hydrogen-bond donors (Lipinski definition) is 5. The first-order valence-corrected chi connectivity index (χ1v) is 13.0. The number of carbonyl (C=O) groups is 5. The van der Waals surface area contributed by atoms with Gasteiger partial charge >= 0.3 is 5.97 Å². The fourth-order valence-corrected chi connectivity index (χ4v) is 4.28. The van der Waals surface area contributed by atoms with E-state index in [0.717, 1.165) is 0 Å². The van der Waals surface area contributed by atoms with E-state index in [1.807, 2.05) is 0 Å². The van der Waals surface area contributed by atoms with Crippen molar-refractivity contribution in [2.45, 2.75) is 25.5 Å². The van der Waals surface area contributed by atoms with E-state index in [-0.39, 0.29) is 46.9 Å². The van der Waals surface area contributed by atoms with Crippen LogP contribution in [0.15, 0.2) is 65.7 Å². The summed E-state index contributed by atoms with van der Waals surface area (Å²) in [5.41, 5.74) is 27.5. The minimum absolute atomic E-state index is 0.118. The van der Waals surface area contributed by atoms with E-state index >= 15 is 0 Å². The fraction of sp³-hybridized carbons (Fsp3) is 0.241. The number of benzene rings is 3. The van der Waals surface area contributed by atoms with Gasteiger partial charge in [-0.3, -0.25) is 24.2 Å². The zero-order valence-corrected chi connectivity index (χ0v) is 22.8. The number of nitrogens with two attached hydrogens (primary N) is 5. The lowest BCUT2D eigenvalue weighted by molar-refractivity contribution is -0.139. The van der Waals surface area contributed by atoms with Crippen LogP contribution in [0.1, 0.15) is 49.5 Å². The number of hydrogen-bond acceptors (Lipinski definition) is 10. The average Bonchev–Trinajstić information content (AvgIpc) is 3.00. The second-order valence-electron chi connectivity index (χ2n) is 9.21. The van der Waals surface area contributed by atoms with Crippen LogP contribution in [-0.2, 0) is 20.9 Å². The summed E-state index contributed by atoms with van der Waals surface area (Å²) in [6, 6.07) is 15.5. The molecule has 3 amide bonds. The van der Waals surface area contributed by atoms with Crippen LogP contribution in [0.25, 0.3) is 10.8 Å². The van der Waals surface area contributed by atoms with Gasteiger partial charge in [-0.05, 0) is 35.2 Å². The highest BCUT2D eigenvalue weighted by atomic mass is 16.5. The molecule has 0 saturated carbocycles. The number of amides is 3. The molecule has 3 aromatic carbocycles. The van der Waals surface area contributed by atoms with Gasteiger partial charge in [0.05, 0.1) is 30.3 Å². The van der Waals surface area contributed by atoms with E-state index in [9.17, 15) is 24.0 Å². The van der Waals surface area contributed by atoms with Crippen molar-refractivity contribution in [2.24, 2.45) is 33.7 Å². The smallest absolute Gasteiger partial charge is 0.339 e. The lowest BCUT2D eigenvalue weighted by atomic mass is 9.87. The van der Waals surface area contributed by atoms with E-state index in [1.165, 1.54) is 6.07 Å². The first kappa shape index (κ1) is 31.5. The third kappa shape index (κ3) is 7.40. The lowest BCUT2D eigenvalue weighted by Crippen LogP contribution is -2.48. The lowest BCUT2D eigenvalue weighted by Gasteiger charge is -2.23. The molecular formula is C29H33N7O6. The van der Waals surface area contributed by atoms with Crippen LogP contribution in [0.3, 0.4) is 0 Å². The van der Waals surface area contributed by atoms with Crippen molar-refractivity contribution < 1.29 is 28.7 Å². The topological polar surface area (TPSA) is 240 Å². The van der Waals surface area contributed by atoms with Crippen LogP contribution < -0.4 is 28.7 Å². The largest absolute Gasteiger partial charge is 0.457 e. The number of Topliss-reactive ketones (excluding diaryl/α,β-unsaturated/α-hetero) is 1. The maximum Gasteiger partial charge on any atom is 0.339 e. The van der Waals surface area contributed by atoms with Crippen molar-refractivity contribution in [3.05, 3.63) is 82.9 Å². The number of nitrogens with zero attached hydrogens (tertiary/aromatic N) is 2. The van der Waals surface area contributed by atoms with E-state index in [4.69, 9.17) is 33.4 Å². The summed E-state index contributed by atoms with van der Waals surface area (Å²) in [6.07, 6.45) is 0.446. The van der Waals surface area contributed by atoms with Crippen LogP contribution in [0, 0.1) is 0 Å². The van der Waals surface area contributed by atoms with Crippen LogP contribution in [0.2, 0.25) is 0 Å². The highest BCUT2D eigenvalue weighted by Gasteiger charge is 2.36. The number of esters is 1. The van der Waals surface area contributed by atoms with Gasteiger partial charge in [-0.25, -0.2) is 9.69 Å². The summed E-state index contributed by atoms with van der Waals surface area (Å²) in [6.45, 7) is -1.38. The van der Waals surface area contributed by atoms with Gasteiger partial charge in [0.15, 0.2) is 11.7 Å². The van der Waals surface area contributed by atoms with Crippen LogP contribution in [-0.4, -0.2) is 66.0 Å². The highest BCUT2D eigenvalue weighted by molar-refractivity contribution is 6.26. The minimum atomic E-state index is -1.26.